The summed E-state index contributed by atoms with van der Waals surface area (Å²) in [4.78, 5) is 1.92. The summed E-state index contributed by atoms with van der Waals surface area (Å²) < 4.78 is 67.2. The summed E-state index contributed by atoms with van der Waals surface area (Å²) in [7, 11) is -3.29. The Hall–Kier alpha value is -1.06. The summed E-state index contributed by atoms with van der Waals surface area (Å²) in [5, 5.41) is 0. The number of furan rings is 1. The van der Waals surface area contributed by atoms with E-state index < -0.39 is 22.0 Å². The van der Waals surface area contributed by atoms with Gasteiger partial charge in [-0.25, -0.2) is 8.42 Å². The molecule has 9 heteroatoms. The molecular formula is C13H19F3N2O3S. The van der Waals surface area contributed by atoms with E-state index in [0.29, 0.717) is 13.1 Å². The molecule has 1 saturated heterocycles. The normalized spacial score (nSPS) is 25.5. The van der Waals surface area contributed by atoms with Crippen molar-refractivity contribution in [3.8, 4) is 0 Å². The maximum absolute atomic E-state index is 12.5. The maximum atomic E-state index is 12.5. The zero-order chi connectivity index (χ0) is 16.7. The lowest BCUT2D eigenvalue weighted by Crippen LogP contribution is -2.58. The van der Waals surface area contributed by atoms with Gasteiger partial charge in [0.1, 0.15) is 5.76 Å². The minimum Gasteiger partial charge on any atom is -0.455 e. The number of hydrogen-bond acceptors (Lipinski definition) is 4. The van der Waals surface area contributed by atoms with Crippen LogP contribution in [0.1, 0.15) is 25.4 Å². The third-order valence-electron chi connectivity index (χ3n) is 4.06. The topological polar surface area (TPSA) is 53.8 Å². The van der Waals surface area contributed by atoms with E-state index in [1.54, 1.807) is 6.92 Å². The van der Waals surface area contributed by atoms with E-state index in [4.69, 9.17) is 4.42 Å². The van der Waals surface area contributed by atoms with Crippen LogP contribution in [0.25, 0.3) is 0 Å². The standard InChI is InChI=1S/C13H19F3N2O3S/c1-9-10(2)18(22(3,19)20)7-6-17(9)8-11-4-5-12(21-11)13(14,15)16/h4-5,9-10H,6-8H2,1-3H3/t9-,10+/m0/s1. The van der Waals surface area contributed by atoms with Gasteiger partial charge >= 0.3 is 6.18 Å². The summed E-state index contributed by atoms with van der Waals surface area (Å²) in [6.07, 6.45) is -3.33. The van der Waals surface area contributed by atoms with Crippen molar-refractivity contribution in [2.45, 2.75) is 38.7 Å². The maximum Gasteiger partial charge on any atom is 0.449 e. The van der Waals surface area contributed by atoms with Crippen LogP contribution < -0.4 is 0 Å². The quantitative estimate of drug-likeness (QED) is 0.846. The van der Waals surface area contributed by atoms with Crippen LogP contribution in [-0.2, 0) is 22.7 Å². The molecule has 1 aromatic rings. The Morgan fingerprint density at radius 3 is 2.36 bits per heavy atom. The fourth-order valence-electron chi connectivity index (χ4n) is 2.69. The van der Waals surface area contributed by atoms with Gasteiger partial charge in [0.05, 0.1) is 12.8 Å². The van der Waals surface area contributed by atoms with E-state index in [9.17, 15) is 21.6 Å². The summed E-state index contributed by atoms with van der Waals surface area (Å²) in [6.45, 7) is 4.63. The van der Waals surface area contributed by atoms with Crippen molar-refractivity contribution in [2.75, 3.05) is 19.3 Å². The van der Waals surface area contributed by atoms with Crippen molar-refractivity contribution in [2.24, 2.45) is 0 Å². The molecule has 22 heavy (non-hydrogen) atoms. The van der Waals surface area contributed by atoms with E-state index in [1.807, 2.05) is 11.8 Å². The molecule has 0 saturated carbocycles. The molecule has 2 heterocycles. The van der Waals surface area contributed by atoms with Crippen LogP contribution >= 0.6 is 0 Å². The molecule has 0 aromatic carbocycles. The molecule has 0 bridgehead atoms. The van der Waals surface area contributed by atoms with E-state index in [-0.39, 0.29) is 24.4 Å². The summed E-state index contributed by atoms with van der Waals surface area (Å²) in [5.41, 5.74) is 0. The van der Waals surface area contributed by atoms with Gasteiger partial charge in [0.15, 0.2) is 0 Å². The number of nitrogens with zero attached hydrogens (tertiary/aromatic N) is 2. The first-order valence-electron chi connectivity index (χ1n) is 6.87. The Balaban J connectivity index is 2.08. The predicted octanol–water partition coefficient (Wildman–Crippen LogP) is 2.15. The number of hydrogen-bond donors (Lipinski definition) is 0. The molecule has 2 atom stereocenters. The van der Waals surface area contributed by atoms with Crippen LogP contribution in [0.4, 0.5) is 13.2 Å². The lowest BCUT2D eigenvalue weighted by molar-refractivity contribution is -0.153. The van der Waals surface area contributed by atoms with Crippen LogP contribution in [0.2, 0.25) is 0 Å². The zero-order valence-electron chi connectivity index (χ0n) is 12.6. The molecule has 5 nitrogen and oxygen atoms in total. The predicted molar refractivity (Wildman–Crippen MR) is 74.6 cm³/mol. The van der Waals surface area contributed by atoms with Gasteiger partial charge in [-0.1, -0.05) is 0 Å². The van der Waals surface area contributed by atoms with Crippen molar-refractivity contribution in [1.29, 1.82) is 0 Å². The second-order valence-corrected chi connectivity index (χ2v) is 7.52. The van der Waals surface area contributed by atoms with Gasteiger partial charge in [-0.2, -0.15) is 17.5 Å². The highest BCUT2D eigenvalue weighted by atomic mass is 32.2. The molecule has 1 aliphatic rings. The monoisotopic (exact) mass is 340 g/mol. The lowest BCUT2D eigenvalue weighted by atomic mass is 10.1. The van der Waals surface area contributed by atoms with Gasteiger partial charge in [0.25, 0.3) is 0 Å². The van der Waals surface area contributed by atoms with Crippen LogP contribution in [0, 0.1) is 0 Å². The molecule has 2 rings (SSSR count). The molecular weight excluding hydrogens is 321 g/mol. The number of piperazine rings is 1. The largest absolute Gasteiger partial charge is 0.455 e. The molecule has 0 N–H and O–H groups in total. The van der Waals surface area contributed by atoms with Gasteiger partial charge in [-0.3, -0.25) is 4.90 Å². The van der Waals surface area contributed by atoms with Crippen molar-refractivity contribution >= 4 is 10.0 Å². The van der Waals surface area contributed by atoms with Gasteiger partial charge in [0, 0.05) is 25.2 Å². The third kappa shape index (κ3) is 3.64. The second kappa shape index (κ2) is 5.86. The molecule has 0 spiro atoms. The zero-order valence-corrected chi connectivity index (χ0v) is 13.4. The molecule has 126 valence electrons. The second-order valence-electron chi connectivity index (χ2n) is 5.59. The smallest absolute Gasteiger partial charge is 0.449 e. The SMILES string of the molecule is C[C@@H]1[C@H](C)N(Cc2ccc(C(F)(F)F)o2)CCN1S(C)(=O)=O. The number of sulfonamides is 1. The Bertz CT molecular complexity index is 627. The Morgan fingerprint density at radius 1 is 1.23 bits per heavy atom. The molecule has 0 radical (unpaired) electrons. The van der Waals surface area contributed by atoms with E-state index in [1.165, 1.54) is 10.4 Å². The van der Waals surface area contributed by atoms with E-state index >= 15 is 0 Å². The fraction of sp³-hybridized carbons (Fsp3) is 0.692. The highest BCUT2D eigenvalue weighted by molar-refractivity contribution is 7.88. The number of alkyl halides is 3. The van der Waals surface area contributed by atoms with E-state index in [0.717, 1.165) is 12.3 Å². The Kier molecular flexibility index (Phi) is 4.61. The summed E-state index contributed by atoms with van der Waals surface area (Å²) >= 11 is 0. The minimum atomic E-state index is -4.49. The van der Waals surface area contributed by atoms with Crippen molar-refractivity contribution < 1.29 is 26.0 Å². The van der Waals surface area contributed by atoms with Crippen molar-refractivity contribution in [3.63, 3.8) is 0 Å². The van der Waals surface area contributed by atoms with Crippen molar-refractivity contribution in [3.05, 3.63) is 23.7 Å². The molecule has 1 aromatic heterocycles. The molecule has 1 aliphatic heterocycles. The average molecular weight is 340 g/mol. The lowest BCUT2D eigenvalue weighted by Gasteiger charge is -2.43. The van der Waals surface area contributed by atoms with Gasteiger partial charge in [-0.15, -0.1) is 0 Å². The van der Waals surface area contributed by atoms with Crippen LogP contribution in [0.15, 0.2) is 16.5 Å². The van der Waals surface area contributed by atoms with E-state index in [2.05, 4.69) is 0 Å². The Morgan fingerprint density at radius 2 is 1.86 bits per heavy atom. The highest BCUT2D eigenvalue weighted by Crippen LogP contribution is 2.31. The average Bonchev–Trinajstić information content (AvgIpc) is 2.82. The van der Waals surface area contributed by atoms with Gasteiger partial charge in [0.2, 0.25) is 15.8 Å². The first kappa shape index (κ1) is 17.3. The van der Waals surface area contributed by atoms with Crippen molar-refractivity contribution in [1.82, 2.24) is 9.21 Å². The number of halogens is 3. The Labute approximate surface area is 127 Å². The van der Waals surface area contributed by atoms with Crippen LogP contribution in [-0.4, -0.2) is 49.1 Å². The molecule has 0 unspecified atom stereocenters. The van der Waals surface area contributed by atoms with Gasteiger partial charge in [-0.05, 0) is 26.0 Å². The first-order valence-corrected chi connectivity index (χ1v) is 8.72. The third-order valence-corrected chi connectivity index (χ3v) is 5.43. The highest BCUT2D eigenvalue weighted by Gasteiger charge is 2.37. The first-order chi connectivity index (χ1) is 10.00. The molecule has 1 fully saturated rings. The minimum absolute atomic E-state index is 0.122. The number of rotatable bonds is 3. The van der Waals surface area contributed by atoms with Crippen LogP contribution in [0.3, 0.4) is 0 Å². The summed E-state index contributed by atoms with van der Waals surface area (Å²) in [5.74, 6) is -0.794. The molecule has 0 amide bonds. The fourth-order valence-corrected chi connectivity index (χ4v) is 3.88. The van der Waals surface area contributed by atoms with Crippen LogP contribution in [0.5, 0.6) is 0 Å². The summed E-state index contributed by atoms with van der Waals surface area (Å²) in [6, 6.07) is 1.85. The van der Waals surface area contributed by atoms with Gasteiger partial charge < -0.3 is 4.42 Å². The molecule has 0 aliphatic carbocycles.